The Morgan fingerprint density at radius 3 is 2.68 bits per heavy atom. The Labute approximate surface area is 110 Å². The van der Waals surface area contributed by atoms with Crippen molar-refractivity contribution in [3.05, 3.63) is 24.0 Å². The fourth-order valence-electron chi connectivity index (χ4n) is 1.29. The molecule has 0 fully saturated rings. The molecular weight excluding hydrogens is 255 g/mol. The van der Waals surface area contributed by atoms with Crippen molar-refractivity contribution >= 4 is 11.7 Å². The van der Waals surface area contributed by atoms with Crippen molar-refractivity contribution in [3.8, 4) is 5.75 Å². The lowest BCUT2D eigenvalue weighted by Crippen LogP contribution is -2.48. The van der Waals surface area contributed by atoms with Gasteiger partial charge in [-0.3, -0.25) is 5.01 Å². The molecule has 0 radical (unpaired) electrons. The third-order valence-corrected chi connectivity index (χ3v) is 2.17. The maximum Gasteiger partial charge on any atom is 0.352 e. The number of anilines is 1. The smallest absolute Gasteiger partial charge is 0.352 e. The number of amides is 2. The van der Waals surface area contributed by atoms with Gasteiger partial charge in [0.2, 0.25) is 0 Å². The van der Waals surface area contributed by atoms with Crippen molar-refractivity contribution in [2.75, 3.05) is 18.7 Å². The molecule has 0 saturated heterocycles. The van der Waals surface area contributed by atoms with E-state index in [2.05, 4.69) is 0 Å². The molecule has 0 saturated carbocycles. The molecule has 1 rings (SSSR count). The van der Waals surface area contributed by atoms with E-state index in [4.69, 9.17) is 21.5 Å². The Bertz CT molecular complexity index is 454. The third kappa shape index (κ3) is 4.05. The first-order valence-corrected chi connectivity index (χ1v) is 5.50. The number of ether oxygens (including phenoxy) is 1. The molecule has 5 N–H and O–H groups in total. The zero-order valence-electron chi connectivity index (χ0n) is 10.7. The number of urea groups is 1. The lowest BCUT2D eigenvalue weighted by molar-refractivity contribution is 0.122. The fraction of sp³-hybridized carbons (Fsp3) is 0.364. The maximum atomic E-state index is 13.2. The van der Waals surface area contributed by atoms with Crippen molar-refractivity contribution in [2.45, 2.75) is 13.0 Å². The molecule has 2 amide bonds. The van der Waals surface area contributed by atoms with Gasteiger partial charge in [0.25, 0.3) is 0 Å². The van der Waals surface area contributed by atoms with Crippen LogP contribution in [0.25, 0.3) is 0 Å². The first-order chi connectivity index (χ1) is 8.82. The molecule has 0 aliphatic carbocycles. The van der Waals surface area contributed by atoms with Crippen LogP contribution in [0.15, 0.2) is 18.2 Å². The van der Waals surface area contributed by atoms with Crippen molar-refractivity contribution in [3.63, 3.8) is 0 Å². The number of carbonyl (C=O) groups is 1. The van der Waals surface area contributed by atoms with E-state index in [1.54, 1.807) is 0 Å². The molecule has 8 heteroatoms. The maximum absolute atomic E-state index is 13.2. The van der Waals surface area contributed by atoms with Crippen LogP contribution >= 0.6 is 0 Å². The summed E-state index contributed by atoms with van der Waals surface area (Å²) >= 11 is 0. The second-order valence-corrected chi connectivity index (χ2v) is 4.04. The summed E-state index contributed by atoms with van der Waals surface area (Å²) in [5.74, 6) is 10.4. The van der Waals surface area contributed by atoms with Crippen LogP contribution in [-0.4, -0.2) is 35.9 Å². The number of aliphatic hydroxyl groups excluding tert-OH is 1. The molecule has 0 spiro atoms. The van der Waals surface area contributed by atoms with Crippen LogP contribution in [0.1, 0.15) is 6.92 Å². The largest absolute Gasteiger partial charge is 0.489 e. The number of benzene rings is 1. The van der Waals surface area contributed by atoms with Crippen LogP contribution in [-0.2, 0) is 0 Å². The second kappa shape index (κ2) is 6.32. The van der Waals surface area contributed by atoms with Gasteiger partial charge < -0.3 is 9.84 Å². The highest BCUT2D eigenvalue weighted by atomic mass is 19.1. The summed E-state index contributed by atoms with van der Waals surface area (Å²) in [5, 5.41) is 10.7. The van der Waals surface area contributed by atoms with E-state index in [1.165, 1.54) is 20.0 Å². The first kappa shape index (κ1) is 15.2. The number of rotatable bonds is 4. The third-order valence-electron chi connectivity index (χ3n) is 2.17. The highest BCUT2D eigenvalue weighted by Gasteiger charge is 2.19. The zero-order chi connectivity index (χ0) is 14.6. The monoisotopic (exact) mass is 272 g/mol. The number of nitrogens with zero attached hydrogens (tertiary/aromatic N) is 2. The van der Waals surface area contributed by atoms with Gasteiger partial charge in [0.05, 0.1) is 6.10 Å². The summed E-state index contributed by atoms with van der Waals surface area (Å²) in [6.07, 6.45) is -0.741. The van der Waals surface area contributed by atoms with Gasteiger partial charge in [0.15, 0.2) is 0 Å². The Balaban J connectivity index is 3.02. The number of aliphatic hydroxyl groups is 1. The van der Waals surface area contributed by atoms with E-state index < -0.39 is 18.0 Å². The molecule has 0 aliphatic rings. The molecule has 106 valence electrons. The van der Waals surface area contributed by atoms with Gasteiger partial charge >= 0.3 is 6.03 Å². The van der Waals surface area contributed by atoms with Crippen LogP contribution in [0.5, 0.6) is 5.75 Å². The topological polar surface area (TPSA) is 105 Å². The molecule has 0 bridgehead atoms. The van der Waals surface area contributed by atoms with Crippen molar-refractivity contribution in [2.24, 2.45) is 11.7 Å². The summed E-state index contributed by atoms with van der Waals surface area (Å²) in [5.41, 5.74) is 0.143. The minimum absolute atomic E-state index is 0.0404. The highest BCUT2D eigenvalue weighted by molar-refractivity contribution is 5.91. The molecule has 0 aromatic heterocycles. The summed E-state index contributed by atoms with van der Waals surface area (Å²) in [6.45, 7) is 1.45. The highest BCUT2D eigenvalue weighted by Crippen LogP contribution is 2.28. The number of hydrogen-bond acceptors (Lipinski definition) is 5. The van der Waals surface area contributed by atoms with Crippen molar-refractivity contribution < 1.29 is 19.0 Å². The van der Waals surface area contributed by atoms with Gasteiger partial charge in [0, 0.05) is 13.1 Å². The van der Waals surface area contributed by atoms with E-state index in [9.17, 15) is 9.18 Å². The number of hydrogen-bond donors (Lipinski definition) is 3. The Hall–Kier alpha value is -1.90. The van der Waals surface area contributed by atoms with Crippen molar-refractivity contribution in [1.29, 1.82) is 0 Å². The minimum atomic E-state index is -0.741. The fourth-order valence-corrected chi connectivity index (χ4v) is 1.29. The van der Waals surface area contributed by atoms with Crippen LogP contribution in [0.3, 0.4) is 0 Å². The van der Waals surface area contributed by atoms with Gasteiger partial charge in [-0.1, -0.05) is 0 Å². The molecule has 7 nitrogen and oxygen atoms in total. The van der Waals surface area contributed by atoms with Gasteiger partial charge in [-0.15, -0.1) is 0 Å². The number of halogens is 1. The second-order valence-electron chi connectivity index (χ2n) is 4.04. The number of hydrazine groups is 2. The van der Waals surface area contributed by atoms with E-state index in [-0.39, 0.29) is 18.0 Å². The lowest BCUT2D eigenvalue weighted by Gasteiger charge is -2.23. The average Bonchev–Trinajstić information content (AvgIpc) is 2.34. The molecule has 19 heavy (non-hydrogen) atoms. The Kier molecular flexibility index (Phi) is 5.04. The number of nitrogens with two attached hydrogens (primary N) is 2. The first-order valence-electron chi connectivity index (χ1n) is 5.50. The quantitative estimate of drug-likeness (QED) is 0.412. The van der Waals surface area contributed by atoms with Gasteiger partial charge in [0.1, 0.15) is 23.9 Å². The molecule has 0 unspecified atom stereocenters. The molecule has 1 aromatic rings. The van der Waals surface area contributed by atoms with Gasteiger partial charge in [-0.05, 0) is 19.1 Å². The van der Waals surface area contributed by atoms with E-state index >= 15 is 0 Å². The van der Waals surface area contributed by atoms with Gasteiger partial charge in [-0.25, -0.2) is 25.9 Å². The normalized spacial score (nSPS) is 11.9. The van der Waals surface area contributed by atoms with Crippen LogP contribution in [0.2, 0.25) is 0 Å². The SMILES string of the molecule is C[C@H](O)COc1cc(F)ccc1N(N)C(=O)N(C)N. The Morgan fingerprint density at radius 2 is 2.16 bits per heavy atom. The van der Waals surface area contributed by atoms with E-state index in [0.29, 0.717) is 0 Å². The predicted molar refractivity (Wildman–Crippen MR) is 67.6 cm³/mol. The molecule has 0 aliphatic heterocycles. The molecule has 1 atom stereocenters. The summed E-state index contributed by atoms with van der Waals surface area (Å²) in [4.78, 5) is 11.6. The molecule has 1 aromatic carbocycles. The van der Waals surface area contributed by atoms with E-state index in [1.807, 2.05) is 0 Å². The molecule has 0 heterocycles. The summed E-state index contributed by atoms with van der Waals surface area (Å²) in [7, 11) is 1.32. The van der Waals surface area contributed by atoms with E-state index in [0.717, 1.165) is 22.2 Å². The Morgan fingerprint density at radius 1 is 1.53 bits per heavy atom. The van der Waals surface area contributed by atoms with Crippen LogP contribution < -0.4 is 21.4 Å². The van der Waals surface area contributed by atoms with Gasteiger partial charge in [-0.2, -0.15) is 0 Å². The summed E-state index contributed by atoms with van der Waals surface area (Å²) < 4.78 is 18.4. The molecular formula is C11H17FN4O3. The zero-order valence-corrected chi connectivity index (χ0v) is 10.7. The number of carbonyl (C=O) groups excluding carboxylic acids is 1. The predicted octanol–water partition coefficient (Wildman–Crippen LogP) is 0.191. The lowest BCUT2D eigenvalue weighted by atomic mass is 10.2. The average molecular weight is 272 g/mol. The summed E-state index contributed by atoms with van der Waals surface area (Å²) in [6, 6.07) is 2.79. The van der Waals surface area contributed by atoms with Crippen LogP contribution in [0, 0.1) is 5.82 Å². The van der Waals surface area contributed by atoms with Crippen LogP contribution in [0.4, 0.5) is 14.9 Å². The standard InChI is InChI=1S/C11H17FN4O3/c1-7(17)6-19-10-5-8(12)3-4-9(10)16(14)11(18)15(2)13/h3-5,7,17H,6,13-14H2,1-2H3/t7-/m0/s1. The van der Waals surface area contributed by atoms with Crippen molar-refractivity contribution in [1.82, 2.24) is 5.01 Å². The minimum Gasteiger partial charge on any atom is -0.489 e.